The smallest absolute Gasteiger partial charge is 0.286 e. The number of para-hydroxylation sites is 1. The summed E-state index contributed by atoms with van der Waals surface area (Å²) in [4.78, 5) is 24.3. The van der Waals surface area contributed by atoms with Crippen molar-refractivity contribution in [2.45, 2.75) is 13.5 Å². The first-order valence-electron chi connectivity index (χ1n) is 7.66. The molecule has 0 aliphatic carbocycles. The van der Waals surface area contributed by atoms with E-state index in [1.807, 2.05) is 49.4 Å². The van der Waals surface area contributed by atoms with Crippen LogP contribution in [-0.4, -0.2) is 22.0 Å². The molecule has 0 saturated carbocycles. The summed E-state index contributed by atoms with van der Waals surface area (Å²) in [6.07, 6.45) is 0. The molecule has 7 heteroatoms. The maximum absolute atomic E-state index is 12.2. The number of carbonyl (C=O) groups excluding carboxylic acids is 2. The molecule has 3 aromatic rings. The normalized spacial score (nSPS) is 10.3. The number of nitrogens with zero attached hydrogens (tertiary/aromatic N) is 2. The highest BCUT2D eigenvalue weighted by Crippen LogP contribution is 2.14. The maximum Gasteiger partial charge on any atom is 0.286 e. The average Bonchev–Trinajstić information content (AvgIpc) is 3.12. The standard InChI is InChI=1S/C18H16N4O2S/c1-12-7-5-6-8-13(12)11-19-15(23)17-21-22-18(25-17)16(24)20-14-9-3-2-4-10-14/h2-10H,11H2,1H3,(H,19,23)(H,20,24). The van der Waals surface area contributed by atoms with Gasteiger partial charge in [0.25, 0.3) is 11.8 Å². The average molecular weight is 352 g/mol. The van der Waals surface area contributed by atoms with E-state index >= 15 is 0 Å². The minimum absolute atomic E-state index is 0.143. The fraction of sp³-hybridized carbons (Fsp3) is 0.111. The summed E-state index contributed by atoms with van der Waals surface area (Å²) in [6, 6.07) is 16.8. The van der Waals surface area contributed by atoms with Crippen LogP contribution in [0.5, 0.6) is 0 Å². The van der Waals surface area contributed by atoms with E-state index in [-0.39, 0.29) is 21.8 Å². The van der Waals surface area contributed by atoms with Crippen LogP contribution in [-0.2, 0) is 6.54 Å². The summed E-state index contributed by atoms with van der Waals surface area (Å²) >= 11 is 0.961. The summed E-state index contributed by atoms with van der Waals surface area (Å²) in [6.45, 7) is 2.38. The van der Waals surface area contributed by atoms with Crippen molar-refractivity contribution in [3.63, 3.8) is 0 Å². The number of carbonyl (C=O) groups is 2. The largest absolute Gasteiger partial charge is 0.346 e. The van der Waals surface area contributed by atoms with Gasteiger partial charge in [0.05, 0.1) is 0 Å². The minimum Gasteiger partial charge on any atom is -0.346 e. The monoisotopic (exact) mass is 352 g/mol. The highest BCUT2D eigenvalue weighted by molar-refractivity contribution is 7.15. The third-order valence-electron chi connectivity index (χ3n) is 3.55. The van der Waals surface area contributed by atoms with Gasteiger partial charge in [0, 0.05) is 12.2 Å². The molecule has 0 aliphatic heterocycles. The lowest BCUT2D eigenvalue weighted by molar-refractivity contribution is 0.0948. The fourth-order valence-corrected chi connectivity index (χ4v) is 2.83. The molecule has 1 aromatic heterocycles. The zero-order valence-corrected chi connectivity index (χ0v) is 14.3. The van der Waals surface area contributed by atoms with Crippen molar-refractivity contribution in [1.29, 1.82) is 0 Å². The van der Waals surface area contributed by atoms with Crippen molar-refractivity contribution >= 4 is 28.8 Å². The van der Waals surface area contributed by atoms with Crippen LogP contribution in [0.15, 0.2) is 54.6 Å². The lowest BCUT2D eigenvalue weighted by Crippen LogP contribution is -2.23. The van der Waals surface area contributed by atoms with Crippen LogP contribution >= 0.6 is 11.3 Å². The van der Waals surface area contributed by atoms with Crippen LogP contribution in [0.4, 0.5) is 5.69 Å². The van der Waals surface area contributed by atoms with Crippen molar-refractivity contribution in [2.75, 3.05) is 5.32 Å². The number of hydrogen-bond donors (Lipinski definition) is 2. The molecular formula is C18H16N4O2S. The van der Waals surface area contributed by atoms with Crippen LogP contribution in [0.1, 0.15) is 30.7 Å². The first kappa shape index (κ1) is 16.8. The molecule has 126 valence electrons. The van der Waals surface area contributed by atoms with E-state index in [2.05, 4.69) is 20.8 Å². The zero-order chi connectivity index (χ0) is 17.6. The van der Waals surface area contributed by atoms with Gasteiger partial charge in [-0.1, -0.05) is 53.8 Å². The Kier molecular flexibility index (Phi) is 5.15. The third kappa shape index (κ3) is 4.27. The van der Waals surface area contributed by atoms with Crippen molar-refractivity contribution < 1.29 is 9.59 Å². The predicted octanol–water partition coefficient (Wildman–Crippen LogP) is 3.03. The van der Waals surface area contributed by atoms with E-state index in [0.717, 1.165) is 22.5 Å². The summed E-state index contributed by atoms with van der Waals surface area (Å²) in [5.74, 6) is -0.735. The quantitative estimate of drug-likeness (QED) is 0.739. The highest BCUT2D eigenvalue weighted by Gasteiger charge is 2.17. The second-order valence-corrected chi connectivity index (χ2v) is 6.32. The Morgan fingerprint density at radius 2 is 1.56 bits per heavy atom. The molecule has 6 nitrogen and oxygen atoms in total. The lowest BCUT2D eigenvalue weighted by Gasteiger charge is -2.05. The zero-order valence-electron chi connectivity index (χ0n) is 13.5. The molecule has 0 radical (unpaired) electrons. The fourth-order valence-electron chi connectivity index (χ4n) is 2.17. The molecule has 0 bridgehead atoms. The lowest BCUT2D eigenvalue weighted by atomic mass is 10.1. The Bertz CT molecular complexity index is 893. The highest BCUT2D eigenvalue weighted by atomic mass is 32.1. The van der Waals surface area contributed by atoms with E-state index in [9.17, 15) is 9.59 Å². The van der Waals surface area contributed by atoms with E-state index in [1.54, 1.807) is 12.1 Å². The first-order valence-corrected chi connectivity index (χ1v) is 8.48. The van der Waals surface area contributed by atoms with Crippen LogP contribution in [0.3, 0.4) is 0 Å². The molecule has 25 heavy (non-hydrogen) atoms. The summed E-state index contributed by atoms with van der Waals surface area (Å²) in [5, 5.41) is 13.4. The first-order chi connectivity index (χ1) is 12.1. The van der Waals surface area contributed by atoms with Gasteiger partial charge in [-0.05, 0) is 30.2 Å². The molecule has 1 heterocycles. The maximum atomic E-state index is 12.2. The molecule has 0 fully saturated rings. The second-order valence-electron chi connectivity index (χ2n) is 5.34. The van der Waals surface area contributed by atoms with Gasteiger partial charge < -0.3 is 10.6 Å². The molecule has 0 saturated heterocycles. The van der Waals surface area contributed by atoms with Gasteiger partial charge in [0.2, 0.25) is 10.0 Å². The molecular weight excluding hydrogens is 336 g/mol. The van der Waals surface area contributed by atoms with E-state index in [4.69, 9.17) is 0 Å². The summed E-state index contributed by atoms with van der Waals surface area (Å²) in [7, 11) is 0. The van der Waals surface area contributed by atoms with Gasteiger partial charge >= 0.3 is 0 Å². The molecule has 3 rings (SSSR count). The predicted molar refractivity (Wildman–Crippen MR) is 96.7 cm³/mol. The molecule has 0 unspecified atom stereocenters. The number of hydrogen-bond acceptors (Lipinski definition) is 5. The molecule has 2 N–H and O–H groups in total. The van der Waals surface area contributed by atoms with Crippen LogP contribution in [0.25, 0.3) is 0 Å². The minimum atomic E-state index is -0.387. The number of nitrogens with one attached hydrogen (secondary N) is 2. The molecule has 2 amide bonds. The van der Waals surface area contributed by atoms with Gasteiger partial charge in [0.15, 0.2) is 0 Å². The topological polar surface area (TPSA) is 84.0 Å². The Morgan fingerprint density at radius 1 is 0.920 bits per heavy atom. The van der Waals surface area contributed by atoms with E-state index in [0.29, 0.717) is 12.2 Å². The van der Waals surface area contributed by atoms with E-state index in [1.165, 1.54) is 0 Å². The number of amides is 2. The molecule has 0 aliphatic rings. The van der Waals surface area contributed by atoms with Crippen LogP contribution in [0, 0.1) is 6.92 Å². The summed E-state index contributed by atoms with van der Waals surface area (Å²) < 4.78 is 0. The number of aryl methyl sites for hydroxylation is 1. The van der Waals surface area contributed by atoms with Crippen molar-refractivity contribution in [1.82, 2.24) is 15.5 Å². The number of aromatic nitrogens is 2. The van der Waals surface area contributed by atoms with Gasteiger partial charge in [-0.2, -0.15) is 0 Å². The Hall–Kier alpha value is -3.06. The van der Waals surface area contributed by atoms with Crippen LogP contribution in [0.2, 0.25) is 0 Å². The Morgan fingerprint density at radius 3 is 2.28 bits per heavy atom. The molecule has 2 aromatic carbocycles. The van der Waals surface area contributed by atoms with Crippen molar-refractivity contribution in [3.05, 3.63) is 75.7 Å². The van der Waals surface area contributed by atoms with Crippen molar-refractivity contribution in [3.8, 4) is 0 Å². The molecule has 0 atom stereocenters. The number of benzene rings is 2. The van der Waals surface area contributed by atoms with Gasteiger partial charge in [0.1, 0.15) is 0 Å². The number of rotatable bonds is 5. The van der Waals surface area contributed by atoms with Crippen molar-refractivity contribution in [2.24, 2.45) is 0 Å². The van der Waals surface area contributed by atoms with Gasteiger partial charge in [-0.25, -0.2) is 0 Å². The van der Waals surface area contributed by atoms with E-state index < -0.39 is 0 Å². The Balaban J connectivity index is 1.61. The number of anilines is 1. The third-order valence-corrected chi connectivity index (χ3v) is 4.47. The molecule has 0 spiro atoms. The van der Waals surface area contributed by atoms with Gasteiger partial charge in [-0.15, -0.1) is 10.2 Å². The van der Waals surface area contributed by atoms with Crippen LogP contribution < -0.4 is 10.6 Å². The summed E-state index contributed by atoms with van der Waals surface area (Å²) in [5.41, 5.74) is 2.79. The Labute approximate surface area is 148 Å². The van der Waals surface area contributed by atoms with Gasteiger partial charge in [-0.3, -0.25) is 9.59 Å². The second kappa shape index (κ2) is 7.67. The SMILES string of the molecule is Cc1ccccc1CNC(=O)c1nnc(C(=O)Nc2ccccc2)s1.